The van der Waals surface area contributed by atoms with Gasteiger partial charge in [-0.3, -0.25) is 0 Å². The predicted octanol–water partition coefficient (Wildman–Crippen LogP) is 1.62. The lowest BCUT2D eigenvalue weighted by Crippen LogP contribution is -2.24. The van der Waals surface area contributed by atoms with Gasteiger partial charge in [0.15, 0.2) is 0 Å². The van der Waals surface area contributed by atoms with Gasteiger partial charge in [-0.05, 0) is 19.4 Å². The number of rotatable bonds is 5. The highest BCUT2D eigenvalue weighted by Crippen LogP contribution is 2.05. The minimum atomic E-state index is 0.314. The van der Waals surface area contributed by atoms with Crippen LogP contribution in [0.4, 0.5) is 5.82 Å². The first kappa shape index (κ1) is 10.9. The van der Waals surface area contributed by atoms with Crippen molar-refractivity contribution < 1.29 is 4.74 Å². The van der Waals surface area contributed by atoms with E-state index in [1.807, 2.05) is 13.0 Å². The van der Waals surface area contributed by atoms with Crippen LogP contribution in [0.1, 0.15) is 19.2 Å². The molecule has 0 amide bonds. The van der Waals surface area contributed by atoms with Gasteiger partial charge in [0.05, 0.1) is 12.6 Å². The molecule has 78 valence electrons. The van der Waals surface area contributed by atoms with Gasteiger partial charge < -0.3 is 10.1 Å². The van der Waals surface area contributed by atoms with Crippen LogP contribution < -0.4 is 5.32 Å². The van der Waals surface area contributed by atoms with Gasteiger partial charge in [-0.2, -0.15) is 0 Å². The Morgan fingerprint density at radius 3 is 2.93 bits per heavy atom. The van der Waals surface area contributed by atoms with Gasteiger partial charge in [0, 0.05) is 13.3 Å². The van der Waals surface area contributed by atoms with Gasteiger partial charge in [-0.25, -0.2) is 9.97 Å². The summed E-state index contributed by atoms with van der Waals surface area (Å²) in [5.41, 5.74) is 0. The van der Waals surface area contributed by atoms with E-state index in [2.05, 4.69) is 22.2 Å². The molecule has 0 aromatic carbocycles. The molecule has 0 fully saturated rings. The molecule has 0 saturated carbocycles. The summed E-state index contributed by atoms with van der Waals surface area (Å²) in [4.78, 5) is 8.30. The van der Waals surface area contributed by atoms with E-state index in [0.717, 1.165) is 18.1 Å². The Morgan fingerprint density at radius 1 is 1.57 bits per heavy atom. The van der Waals surface area contributed by atoms with Crippen LogP contribution in [0.3, 0.4) is 0 Å². The van der Waals surface area contributed by atoms with E-state index in [-0.39, 0.29) is 0 Å². The molecule has 1 unspecified atom stereocenters. The van der Waals surface area contributed by atoms with E-state index < -0.39 is 0 Å². The predicted molar refractivity (Wildman–Crippen MR) is 56.3 cm³/mol. The van der Waals surface area contributed by atoms with Crippen molar-refractivity contribution in [2.75, 3.05) is 19.0 Å². The van der Waals surface area contributed by atoms with Crippen LogP contribution in [0.5, 0.6) is 0 Å². The zero-order valence-corrected chi connectivity index (χ0v) is 8.95. The second-order valence-corrected chi connectivity index (χ2v) is 3.19. The third-order valence-electron chi connectivity index (χ3n) is 1.99. The van der Waals surface area contributed by atoms with E-state index in [9.17, 15) is 0 Å². The molecule has 1 aromatic rings. The first-order chi connectivity index (χ1) is 6.76. The minimum absolute atomic E-state index is 0.314. The zero-order valence-electron chi connectivity index (χ0n) is 8.95. The van der Waals surface area contributed by atoms with Crippen LogP contribution in [0, 0.1) is 6.92 Å². The number of nitrogens with zero attached hydrogens (tertiary/aromatic N) is 2. The summed E-state index contributed by atoms with van der Waals surface area (Å²) in [5.74, 6) is 1.64. The van der Waals surface area contributed by atoms with Crippen molar-refractivity contribution in [3.05, 3.63) is 18.1 Å². The van der Waals surface area contributed by atoms with Crippen LogP contribution in [-0.2, 0) is 4.74 Å². The molecule has 0 bridgehead atoms. The van der Waals surface area contributed by atoms with Crippen molar-refractivity contribution >= 4 is 5.82 Å². The number of aromatic nitrogens is 2. The van der Waals surface area contributed by atoms with Crippen LogP contribution in [0.25, 0.3) is 0 Å². The normalized spacial score (nSPS) is 12.5. The summed E-state index contributed by atoms with van der Waals surface area (Å²) in [5, 5.41) is 3.29. The second kappa shape index (κ2) is 5.54. The molecule has 1 atom stereocenters. The summed E-state index contributed by atoms with van der Waals surface area (Å²) in [7, 11) is 1.70. The molecule has 0 aliphatic rings. The molecule has 1 aromatic heterocycles. The molecule has 1 rings (SSSR count). The number of hydrogen-bond donors (Lipinski definition) is 1. The standard InChI is InChI=1S/C10H17N3O/c1-4-9(7-14-3)13-10-5-6-11-8(2)12-10/h5-6,9H,4,7H2,1-3H3,(H,11,12,13). The Morgan fingerprint density at radius 2 is 2.36 bits per heavy atom. The second-order valence-electron chi connectivity index (χ2n) is 3.19. The van der Waals surface area contributed by atoms with Crippen LogP contribution in [-0.4, -0.2) is 29.7 Å². The Balaban J connectivity index is 2.57. The van der Waals surface area contributed by atoms with Gasteiger partial charge >= 0.3 is 0 Å². The van der Waals surface area contributed by atoms with E-state index >= 15 is 0 Å². The van der Waals surface area contributed by atoms with E-state index in [1.165, 1.54) is 0 Å². The fourth-order valence-corrected chi connectivity index (χ4v) is 1.21. The first-order valence-corrected chi connectivity index (χ1v) is 4.81. The van der Waals surface area contributed by atoms with Crippen molar-refractivity contribution in [1.82, 2.24) is 9.97 Å². The maximum absolute atomic E-state index is 5.09. The Bertz CT molecular complexity index is 278. The fraction of sp³-hybridized carbons (Fsp3) is 0.600. The van der Waals surface area contributed by atoms with E-state index in [0.29, 0.717) is 12.6 Å². The minimum Gasteiger partial charge on any atom is -0.383 e. The van der Waals surface area contributed by atoms with Gasteiger partial charge in [-0.1, -0.05) is 6.92 Å². The summed E-state index contributed by atoms with van der Waals surface area (Å²) in [6.45, 7) is 4.69. The first-order valence-electron chi connectivity index (χ1n) is 4.81. The number of aryl methyl sites for hydroxylation is 1. The zero-order chi connectivity index (χ0) is 10.4. The molecule has 0 saturated heterocycles. The molecule has 4 nitrogen and oxygen atoms in total. The van der Waals surface area contributed by atoms with Crippen LogP contribution in [0.2, 0.25) is 0 Å². The van der Waals surface area contributed by atoms with Crippen molar-refractivity contribution in [3.63, 3.8) is 0 Å². The molecule has 0 aliphatic carbocycles. The van der Waals surface area contributed by atoms with E-state index in [4.69, 9.17) is 4.74 Å². The SMILES string of the molecule is CCC(COC)Nc1ccnc(C)n1. The van der Waals surface area contributed by atoms with Crippen molar-refractivity contribution in [3.8, 4) is 0 Å². The number of nitrogens with one attached hydrogen (secondary N) is 1. The summed E-state index contributed by atoms with van der Waals surface area (Å²) < 4.78 is 5.09. The average Bonchev–Trinajstić information content (AvgIpc) is 2.17. The number of anilines is 1. The van der Waals surface area contributed by atoms with Gasteiger partial charge in [-0.15, -0.1) is 0 Å². The number of ether oxygens (including phenoxy) is 1. The number of methoxy groups -OCH3 is 1. The lowest BCUT2D eigenvalue weighted by atomic mass is 10.2. The molecule has 0 spiro atoms. The van der Waals surface area contributed by atoms with Crippen LogP contribution in [0.15, 0.2) is 12.3 Å². The smallest absolute Gasteiger partial charge is 0.129 e. The lowest BCUT2D eigenvalue weighted by molar-refractivity contribution is 0.184. The Labute approximate surface area is 84.7 Å². The maximum atomic E-state index is 5.09. The third kappa shape index (κ3) is 3.30. The number of hydrogen-bond acceptors (Lipinski definition) is 4. The summed E-state index contributed by atoms with van der Waals surface area (Å²) >= 11 is 0. The van der Waals surface area contributed by atoms with Crippen molar-refractivity contribution in [2.24, 2.45) is 0 Å². The molecule has 1 heterocycles. The highest BCUT2D eigenvalue weighted by molar-refractivity contribution is 5.34. The van der Waals surface area contributed by atoms with Crippen LogP contribution >= 0.6 is 0 Å². The van der Waals surface area contributed by atoms with Gasteiger partial charge in [0.25, 0.3) is 0 Å². The molecular weight excluding hydrogens is 178 g/mol. The Hall–Kier alpha value is -1.16. The lowest BCUT2D eigenvalue weighted by Gasteiger charge is -2.16. The molecule has 0 aliphatic heterocycles. The van der Waals surface area contributed by atoms with E-state index in [1.54, 1.807) is 13.3 Å². The molecule has 14 heavy (non-hydrogen) atoms. The van der Waals surface area contributed by atoms with Gasteiger partial charge in [0.1, 0.15) is 11.6 Å². The average molecular weight is 195 g/mol. The molecule has 1 N–H and O–H groups in total. The van der Waals surface area contributed by atoms with Crippen molar-refractivity contribution in [2.45, 2.75) is 26.3 Å². The largest absolute Gasteiger partial charge is 0.383 e. The highest BCUT2D eigenvalue weighted by Gasteiger charge is 2.05. The Kier molecular flexibility index (Phi) is 4.32. The maximum Gasteiger partial charge on any atom is 0.129 e. The monoisotopic (exact) mass is 195 g/mol. The molecule has 4 heteroatoms. The quantitative estimate of drug-likeness (QED) is 0.775. The molecular formula is C10H17N3O. The topological polar surface area (TPSA) is 47.0 Å². The van der Waals surface area contributed by atoms with Crippen molar-refractivity contribution in [1.29, 1.82) is 0 Å². The summed E-state index contributed by atoms with van der Waals surface area (Å²) in [6.07, 6.45) is 2.76. The fourth-order valence-electron chi connectivity index (χ4n) is 1.21. The van der Waals surface area contributed by atoms with Gasteiger partial charge in [0.2, 0.25) is 0 Å². The molecule has 0 radical (unpaired) electrons. The highest BCUT2D eigenvalue weighted by atomic mass is 16.5. The third-order valence-corrected chi connectivity index (χ3v) is 1.99. The summed E-state index contributed by atoms with van der Waals surface area (Å²) in [6, 6.07) is 2.18.